The first-order chi connectivity index (χ1) is 18.2. The van der Waals surface area contributed by atoms with E-state index in [-0.39, 0.29) is 36.3 Å². The Labute approximate surface area is 244 Å². The van der Waals surface area contributed by atoms with Crippen molar-refractivity contribution in [1.82, 2.24) is 0 Å². The van der Waals surface area contributed by atoms with E-state index in [1.54, 1.807) is 24.3 Å². The molecule has 0 spiro atoms. The lowest BCUT2D eigenvalue weighted by Gasteiger charge is -2.27. The minimum Gasteiger partial charge on any atom is -0.490 e. The van der Waals surface area contributed by atoms with Crippen molar-refractivity contribution in [3.63, 3.8) is 0 Å². The molecule has 12 heteroatoms. The highest BCUT2D eigenvalue weighted by molar-refractivity contribution is 7.91. The SMILES string of the molecule is CCS(=O)(=O)C[C@@H](COc1ccc(C(C)(C)c2cc(Cl)c(OC[C@H](CCl)OC(C)=O)c(Cl)c2)cc1)OC(C)=O. The summed E-state index contributed by atoms with van der Waals surface area (Å²) in [5, 5.41) is 0.584. The van der Waals surface area contributed by atoms with E-state index >= 15 is 0 Å². The van der Waals surface area contributed by atoms with Crippen LogP contribution >= 0.6 is 34.8 Å². The third-order valence-electron chi connectivity index (χ3n) is 5.86. The topological polar surface area (TPSA) is 105 Å². The van der Waals surface area contributed by atoms with E-state index in [2.05, 4.69) is 0 Å². The first kappa shape index (κ1) is 33.0. The molecule has 0 heterocycles. The van der Waals surface area contributed by atoms with E-state index in [4.69, 9.17) is 53.8 Å². The predicted octanol–water partition coefficient (Wildman–Crippen LogP) is 5.61. The molecule has 0 amide bonds. The van der Waals surface area contributed by atoms with Crippen LogP contribution in [-0.4, -0.2) is 63.2 Å². The van der Waals surface area contributed by atoms with Gasteiger partial charge in [0.15, 0.2) is 15.6 Å². The average molecular weight is 624 g/mol. The quantitative estimate of drug-likeness (QED) is 0.197. The fraction of sp³-hybridized carbons (Fsp3) is 0.481. The maximum atomic E-state index is 12.0. The standard InChI is InChI=1S/C27H33Cl3O8S/c1-6-39(33,34)16-23(38-18(3)32)15-35-21-9-7-19(8-10-21)27(4,5)20-11-24(29)26(25(30)12-20)36-14-22(13-28)37-17(2)31/h7-12,22-23H,6,13-16H2,1-5H3/t22-,23+/m0/s1. The fourth-order valence-electron chi connectivity index (χ4n) is 3.66. The first-order valence-electron chi connectivity index (χ1n) is 12.1. The number of sulfone groups is 1. The molecule has 2 rings (SSSR count). The Kier molecular flexibility index (Phi) is 12.2. The van der Waals surface area contributed by atoms with Gasteiger partial charge in [0, 0.05) is 25.0 Å². The average Bonchev–Trinajstić information content (AvgIpc) is 2.85. The molecule has 0 aromatic heterocycles. The lowest BCUT2D eigenvalue weighted by Crippen LogP contribution is -2.32. The van der Waals surface area contributed by atoms with Crippen molar-refractivity contribution in [3.05, 3.63) is 57.6 Å². The van der Waals surface area contributed by atoms with Gasteiger partial charge in [-0.25, -0.2) is 8.42 Å². The van der Waals surface area contributed by atoms with E-state index in [1.165, 1.54) is 20.8 Å². The number of hydrogen-bond donors (Lipinski definition) is 0. The molecule has 0 unspecified atom stereocenters. The monoisotopic (exact) mass is 622 g/mol. The minimum absolute atomic E-state index is 0.00455. The second-order valence-corrected chi connectivity index (χ2v) is 12.9. The van der Waals surface area contributed by atoms with Crippen LogP contribution in [0.1, 0.15) is 45.7 Å². The Balaban J connectivity index is 2.15. The highest BCUT2D eigenvalue weighted by Crippen LogP contribution is 2.40. The van der Waals surface area contributed by atoms with E-state index in [0.717, 1.165) is 11.1 Å². The van der Waals surface area contributed by atoms with Gasteiger partial charge < -0.3 is 18.9 Å². The molecule has 8 nitrogen and oxygen atoms in total. The van der Waals surface area contributed by atoms with Gasteiger partial charge in [-0.1, -0.05) is 56.1 Å². The van der Waals surface area contributed by atoms with Gasteiger partial charge in [-0.05, 0) is 35.4 Å². The zero-order valence-electron chi connectivity index (χ0n) is 22.5. The summed E-state index contributed by atoms with van der Waals surface area (Å²) in [5.41, 5.74) is 1.24. The molecule has 0 radical (unpaired) electrons. The van der Waals surface area contributed by atoms with Gasteiger partial charge >= 0.3 is 11.9 Å². The molecule has 0 saturated carbocycles. The van der Waals surface area contributed by atoms with Crippen molar-refractivity contribution in [2.24, 2.45) is 0 Å². The van der Waals surface area contributed by atoms with Crippen LogP contribution in [0.3, 0.4) is 0 Å². The molecule has 216 valence electrons. The van der Waals surface area contributed by atoms with Crippen LogP contribution in [0.15, 0.2) is 36.4 Å². The molecule has 0 aliphatic carbocycles. The van der Waals surface area contributed by atoms with Crippen LogP contribution in [0.4, 0.5) is 0 Å². The lowest BCUT2D eigenvalue weighted by molar-refractivity contribution is -0.147. The molecule has 2 aromatic rings. The van der Waals surface area contributed by atoms with Crippen LogP contribution in [0.2, 0.25) is 10.0 Å². The highest BCUT2D eigenvalue weighted by Gasteiger charge is 2.27. The van der Waals surface area contributed by atoms with Crippen LogP contribution in [0.25, 0.3) is 0 Å². The molecule has 0 saturated heterocycles. The van der Waals surface area contributed by atoms with Gasteiger partial charge in [-0.3, -0.25) is 9.59 Å². The zero-order valence-corrected chi connectivity index (χ0v) is 25.5. The van der Waals surface area contributed by atoms with Gasteiger partial charge in [0.1, 0.15) is 31.2 Å². The molecule has 0 aliphatic rings. The zero-order chi connectivity index (χ0) is 29.4. The molecule has 0 fully saturated rings. The van der Waals surface area contributed by atoms with Crippen LogP contribution in [0, 0.1) is 0 Å². The van der Waals surface area contributed by atoms with Crippen molar-refractivity contribution in [1.29, 1.82) is 0 Å². The Morgan fingerprint density at radius 1 is 0.872 bits per heavy atom. The molecule has 2 atom stereocenters. The van der Waals surface area contributed by atoms with Crippen LogP contribution in [-0.2, 0) is 34.3 Å². The number of carbonyl (C=O) groups excluding carboxylic acids is 2. The maximum Gasteiger partial charge on any atom is 0.303 e. The third-order valence-corrected chi connectivity index (χ3v) is 8.53. The van der Waals surface area contributed by atoms with Crippen molar-refractivity contribution in [3.8, 4) is 11.5 Å². The predicted molar refractivity (Wildman–Crippen MR) is 152 cm³/mol. The van der Waals surface area contributed by atoms with Gasteiger partial charge in [0.2, 0.25) is 0 Å². The molecule has 39 heavy (non-hydrogen) atoms. The number of carbonyl (C=O) groups is 2. The summed E-state index contributed by atoms with van der Waals surface area (Å²) in [6.07, 6.45) is -1.56. The number of hydrogen-bond acceptors (Lipinski definition) is 8. The summed E-state index contributed by atoms with van der Waals surface area (Å²) in [6, 6.07) is 10.8. The van der Waals surface area contributed by atoms with Crippen LogP contribution in [0.5, 0.6) is 11.5 Å². The van der Waals surface area contributed by atoms with E-state index in [9.17, 15) is 18.0 Å². The van der Waals surface area contributed by atoms with Crippen molar-refractivity contribution < 1.29 is 37.0 Å². The number of rotatable bonds is 14. The number of benzene rings is 2. The largest absolute Gasteiger partial charge is 0.490 e. The fourth-order valence-corrected chi connectivity index (χ4v) is 5.37. The summed E-state index contributed by atoms with van der Waals surface area (Å²) in [6.45, 7) is 7.94. The van der Waals surface area contributed by atoms with E-state index in [1.807, 2.05) is 26.0 Å². The summed E-state index contributed by atoms with van der Waals surface area (Å²) in [5.74, 6) is -0.614. The molecule has 2 aromatic carbocycles. The Morgan fingerprint density at radius 2 is 1.38 bits per heavy atom. The van der Waals surface area contributed by atoms with E-state index in [0.29, 0.717) is 15.8 Å². The van der Waals surface area contributed by atoms with Gasteiger partial charge in [0.05, 0.1) is 21.7 Å². The summed E-state index contributed by atoms with van der Waals surface area (Å²) in [4.78, 5) is 22.6. The number of halogens is 3. The number of esters is 2. The first-order valence-corrected chi connectivity index (χ1v) is 15.3. The molecule has 0 N–H and O–H groups in total. The van der Waals surface area contributed by atoms with Crippen LogP contribution < -0.4 is 9.47 Å². The Morgan fingerprint density at radius 3 is 1.87 bits per heavy atom. The number of alkyl halides is 1. The Hall–Kier alpha value is -2.20. The maximum absolute atomic E-state index is 12.0. The summed E-state index contributed by atoms with van der Waals surface area (Å²) < 4.78 is 45.6. The van der Waals surface area contributed by atoms with Gasteiger partial charge in [0.25, 0.3) is 0 Å². The summed E-state index contributed by atoms with van der Waals surface area (Å²) >= 11 is 18.8. The van der Waals surface area contributed by atoms with Crippen molar-refractivity contribution in [2.75, 3.05) is 30.6 Å². The normalized spacial score (nSPS) is 13.3. The van der Waals surface area contributed by atoms with Crippen molar-refractivity contribution >= 4 is 56.6 Å². The molecular weight excluding hydrogens is 591 g/mol. The highest BCUT2D eigenvalue weighted by atomic mass is 35.5. The Bertz CT molecular complexity index is 1220. The van der Waals surface area contributed by atoms with Crippen molar-refractivity contribution in [2.45, 2.75) is 52.2 Å². The summed E-state index contributed by atoms with van der Waals surface area (Å²) in [7, 11) is -3.36. The molecule has 0 aliphatic heterocycles. The number of ether oxygens (including phenoxy) is 4. The lowest BCUT2D eigenvalue weighted by atomic mass is 9.78. The molecule has 0 bridgehead atoms. The second-order valence-electron chi connectivity index (χ2n) is 9.36. The van der Waals surface area contributed by atoms with Gasteiger partial charge in [-0.15, -0.1) is 11.6 Å². The van der Waals surface area contributed by atoms with Gasteiger partial charge in [-0.2, -0.15) is 0 Å². The third kappa shape index (κ3) is 10.0. The van der Waals surface area contributed by atoms with E-state index < -0.39 is 39.4 Å². The smallest absolute Gasteiger partial charge is 0.303 e. The molecular formula is C27H33Cl3O8S. The second kappa shape index (κ2) is 14.4. The minimum atomic E-state index is -3.36.